The first-order chi connectivity index (χ1) is 11.8. The number of aliphatic hydroxyl groups excluding tert-OH is 1. The molecule has 0 aliphatic heterocycles. The monoisotopic (exact) mass is 356 g/mol. The van der Waals surface area contributed by atoms with E-state index < -0.39 is 0 Å². The minimum absolute atomic E-state index is 0.0719. The molecule has 4 rings (SSSR count). The van der Waals surface area contributed by atoms with Crippen LogP contribution < -0.4 is 5.32 Å². The second-order valence-electron chi connectivity index (χ2n) is 5.28. The molecule has 7 heteroatoms. The highest BCUT2D eigenvalue weighted by molar-refractivity contribution is 7.20. The zero-order valence-electron chi connectivity index (χ0n) is 12.8. The lowest BCUT2D eigenvalue weighted by molar-refractivity contribution is 0.310. The van der Waals surface area contributed by atoms with Crippen molar-refractivity contribution in [1.82, 2.24) is 14.5 Å². The summed E-state index contributed by atoms with van der Waals surface area (Å²) in [5, 5.41) is 17.5. The van der Waals surface area contributed by atoms with Crippen LogP contribution in [0, 0.1) is 0 Å². The highest BCUT2D eigenvalue weighted by atomic mass is 32.1. The standard InChI is InChI=1S/C17H16N4OS2/c22-8-7-18-17-20-13-4-1-2-5-14(13)21(17)10-12-11-24-16(19-12)15-6-3-9-23-15/h1-6,9,11,22H,7-8,10H2,(H,18,20). The molecule has 0 unspecified atom stereocenters. The maximum Gasteiger partial charge on any atom is 0.204 e. The van der Waals surface area contributed by atoms with Gasteiger partial charge >= 0.3 is 0 Å². The number of thiophene rings is 1. The van der Waals surface area contributed by atoms with Crippen molar-refractivity contribution in [2.75, 3.05) is 18.5 Å². The molecule has 24 heavy (non-hydrogen) atoms. The Morgan fingerprint density at radius 1 is 1.08 bits per heavy atom. The summed E-state index contributed by atoms with van der Waals surface area (Å²) in [5.41, 5.74) is 3.01. The fraction of sp³-hybridized carbons (Fsp3) is 0.176. The number of hydrogen-bond donors (Lipinski definition) is 2. The molecular formula is C17H16N4OS2. The Labute approximate surface area is 147 Å². The molecule has 1 aromatic carbocycles. The molecule has 0 atom stereocenters. The van der Waals surface area contributed by atoms with Gasteiger partial charge in [0.05, 0.1) is 34.8 Å². The van der Waals surface area contributed by atoms with Crippen molar-refractivity contribution < 1.29 is 5.11 Å². The van der Waals surface area contributed by atoms with Gasteiger partial charge in [-0.25, -0.2) is 9.97 Å². The lowest BCUT2D eigenvalue weighted by Crippen LogP contribution is -2.12. The van der Waals surface area contributed by atoms with Gasteiger partial charge in [-0.1, -0.05) is 18.2 Å². The molecule has 0 saturated heterocycles. The Balaban J connectivity index is 1.68. The van der Waals surface area contributed by atoms with E-state index in [0.29, 0.717) is 13.1 Å². The molecule has 4 aromatic rings. The smallest absolute Gasteiger partial charge is 0.204 e. The summed E-state index contributed by atoms with van der Waals surface area (Å²) in [7, 11) is 0. The average molecular weight is 356 g/mol. The van der Waals surface area contributed by atoms with E-state index in [1.807, 2.05) is 24.3 Å². The van der Waals surface area contributed by atoms with E-state index in [1.165, 1.54) is 4.88 Å². The van der Waals surface area contributed by atoms with Crippen LogP contribution in [-0.2, 0) is 6.54 Å². The van der Waals surface area contributed by atoms with Gasteiger partial charge in [-0.2, -0.15) is 0 Å². The van der Waals surface area contributed by atoms with Gasteiger partial charge in [0.25, 0.3) is 0 Å². The van der Waals surface area contributed by atoms with Gasteiger partial charge in [-0.05, 0) is 23.6 Å². The molecule has 5 nitrogen and oxygen atoms in total. The van der Waals surface area contributed by atoms with Crippen molar-refractivity contribution in [2.24, 2.45) is 0 Å². The van der Waals surface area contributed by atoms with Crippen LogP contribution in [0.1, 0.15) is 5.69 Å². The van der Waals surface area contributed by atoms with Crippen LogP contribution in [-0.4, -0.2) is 32.8 Å². The number of imidazole rings is 1. The first-order valence-electron chi connectivity index (χ1n) is 7.63. The van der Waals surface area contributed by atoms with Gasteiger partial charge in [0.2, 0.25) is 5.95 Å². The Bertz CT molecular complexity index is 943. The maximum atomic E-state index is 9.08. The summed E-state index contributed by atoms with van der Waals surface area (Å²) in [6.07, 6.45) is 0. The molecule has 0 fully saturated rings. The number of thiazole rings is 1. The van der Waals surface area contributed by atoms with Gasteiger partial charge in [-0.15, -0.1) is 22.7 Å². The number of aliphatic hydroxyl groups is 1. The second-order valence-corrected chi connectivity index (χ2v) is 7.09. The summed E-state index contributed by atoms with van der Waals surface area (Å²) >= 11 is 3.37. The molecule has 0 amide bonds. The maximum absolute atomic E-state index is 9.08. The number of nitrogens with zero attached hydrogens (tertiary/aromatic N) is 3. The predicted molar refractivity (Wildman–Crippen MR) is 99.8 cm³/mol. The van der Waals surface area contributed by atoms with Crippen molar-refractivity contribution in [1.29, 1.82) is 0 Å². The average Bonchev–Trinajstić information content (AvgIpc) is 3.33. The molecule has 0 saturated carbocycles. The summed E-state index contributed by atoms with van der Waals surface area (Å²) in [4.78, 5) is 10.6. The third-order valence-corrected chi connectivity index (χ3v) is 5.58. The molecule has 0 radical (unpaired) electrons. The Morgan fingerprint density at radius 3 is 2.83 bits per heavy atom. The normalized spacial score (nSPS) is 11.2. The third-order valence-electron chi connectivity index (χ3n) is 3.65. The van der Waals surface area contributed by atoms with Gasteiger partial charge in [-0.3, -0.25) is 0 Å². The summed E-state index contributed by atoms with van der Waals surface area (Å²) in [5.74, 6) is 0.760. The Morgan fingerprint density at radius 2 is 2.00 bits per heavy atom. The van der Waals surface area contributed by atoms with Crippen LogP contribution in [0.15, 0.2) is 47.2 Å². The number of nitrogens with one attached hydrogen (secondary N) is 1. The fourth-order valence-corrected chi connectivity index (χ4v) is 4.22. The summed E-state index contributed by atoms with van der Waals surface area (Å²) in [6, 6.07) is 12.2. The number of fused-ring (bicyclic) bond motifs is 1. The Hall–Kier alpha value is -2.22. The number of benzene rings is 1. The van der Waals surface area contributed by atoms with Crippen molar-refractivity contribution in [3.63, 3.8) is 0 Å². The SMILES string of the molecule is OCCNc1nc2ccccc2n1Cc1csc(-c2cccs2)n1. The van der Waals surface area contributed by atoms with Gasteiger partial charge in [0.1, 0.15) is 5.01 Å². The van der Waals surface area contributed by atoms with Crippen LogP contribution >= 0.6 is 22.7 Å². The number of anilines is 1. The lowest BCUT2D eigenvalue weighted by Gasteiger charge is -2.08. The van der Waals surface area contributed by atoms with E-state index >= 15 is 0 Å². The first-order valence-corrected chi connectivity index (χ1v) is 9.39. The van der Waals surface area contributed by atoms with Crippen molar-refractivity contribution in [3.8, 4) is 9.88 Å². The van der Waals surface area contributed by atoms with E-state index in [2.05, 4.69) is 37.8 Å². The van der Waals surface area contributed by atoms with E-state index in [4.69, 9.17) is 10.1 Å². The minimum atomic E-state index is 0.0719. The molecule has 0 aliphatic rings. The number of para-hydroxylation sites is 2. The first kappa shape index (κ1) is 15.3. The number of aromatic nitrogens is 3. The van der Waals surface area contributed by atoms with E-state index in [1.54, 1.807) is 22.7 Å². The molecule has 0 aliphatic carbocycles. The largest absolute Gasteiger partial charge is 0.395 e. The highest BCUT2D eigenvalue weighted by Crippen LogP contribution is 2.29. The molecule has 0 spiro atoms. The van der Waals surface area contributed by atoms with E-state index in [9.17, 15) is 0 Å². The molecule has 0 bridgehead atoms. The fourth-order valence-electron chi connectivity index (χ4n) is 2.59. The molecular weight excluding hydrogens is 340 g/mol. The van der Waals surface area contributed by atoms with Gasteiger partial charge < -0.3 is 15.0 Å². The lowest BCUT2D eigenvalue weighted by atomic mass is 10.3. The minimum Gasteiger partial charge on any atom is -0.395 e. The third kappa shape index (κ3) is 2.93. The summed E-state index contributed by atoms with van der Waals surface area (Å²) < 4.78 is 2.11. The van der Waals surface area contributed by atoms with E-state index in [-0.39, 0.29) is 6.61 Å². The topological polar surface area (TPSA) is 63.0 Å². The van der Waals surface area contributed by atoms with Crippen LogP contribution in [0.5, 0.6) is 0 Å². The molecule has 3 aromatic heterocycles. The van der Waals surface area contributed by atoms with Crippen molar-refractivity contribution in [2.45, 2.75) is 6.54 Å². The molecule has 122 valence electrons. The van der Waals surface area contributed by atoms with Crippen LogP contribution in [0.4, 0.5) is 5.95 Å². The van der Waals surface area contributed by atoms with Crippen LogP contribution in [0.3, 0.4) is 0 Å². The van der Waals surface area contributed by atoms with Crippen molar-refractivity contribution >= 4 is 39.7 Å². The van der Waals surface area contributed by atoms with Gasteiger partial charge in [0, 0.05) is 11.9 Å². The van der Waals surface area contributed by atoms with E-state index in [0.717, 1.165) is 27.7 Å². The quantitative estimate of drug-likeness (QED) is 0.553. The predicted octanol–water partition coefficient (Wildman–Crippen LogP) is 3.67. The highest BCUT2D eigenvalue weighted by Gasteiger charge is 2.13. The zero-order valence-corrected chi connectivity index (χ0v) is 14.5. The Kier molecular flexibility index (Phi) is 4.29. The zero-order chi connectivity index (χ0) is 16.4. The van der Waals surface area contributed by atoms with Gasteiger partial charge in [0.15, 0.2) is 0 Å². The summed E-state index contributed by atoms with van der Waals surface area (Å²) in [6.45, 7) is 1.19. The van der Waals surface area contributed by atoms with Crippen LogP contribution in [0.2, 0.25) is 0 Å². The van der Waals surface area contributed by atoms with Crippen LogP contribution in [0.25, 0.3) is 20.9 Å². The second kappa shape index (κ2) is 6.72. The van der Waals surface area contributed by atoms with Crippen molar-refractivity contribution in [3.05, 3.63) is 52.9 Å². The number of hydrogen-bond acceptors (Lipinski definition) is 6. The molecule has 2 N–H and O–H groups in total. The number of rotatable bonds is 6. The molecule has 3 heterocycles.